The van der Waals surface area contributed by atoms with E-state index in [-0.39, 0.29) is 23.8 Å². The second kappa shape index (κ2) is 8.91. The van der Waals surface area contributed by atoms with Crippen molar-refractivity contribution in [3.8, 4) is 22.6 Å². The first-order valence-corrected chi connectivity index (χ1v) is 10.6. The fraction of sp³-hybridized carbons (Fsp3) is 0.174. The third-order valence-electron chi connectivity index (χ3n) is 5.19. The highest BCUT2D eigenvalue weighted by Crippen LogP contribution is 2.50. The topological polar surface area (TPSA) is 128 Å². The first-order chi connectivity index (χ1) is 15.8. The number of carbonyl (C=O) groups is 3. The van der Waals surface area contributed by atoms with Crippen LogP contribution in [0.4, 0.5) is 10.1 Å². The van der Waals surface area contributed by atoms with Crippen LogP contribution in [0.5, 0.6) is 11.5 Å². The van der Waals surface area contributed by atoms with Gasteiger partial charge in [-0.15, -0.1) is 11.3 Å². The first-order valence-electron chi connectivity index (χ1n) is 9.83. The van der Waals surface area contributed by atoms with Gasteiger partial charge < -0.3 is 25.6 Å². The average molecular weight is 470 g/mol. The summed E-state index contributed by atoms with van der Waals surface area (Å²) >= 11 is 1.06. The molecule has 0 unspecified atom stereocenters. The lowest BCUT2D eigenvalue weighted by Crippen LogP contribution is -2.22. The van der Waals surface area contributed by atoms with Gasteiger partial charge in [0.05, 0.1) is 12.8 Å². The Bertz CT molecular complexity index is 1250. The Morgan fingerprint density at radius 3 is 2.58 bits per heavy atom. The molecule has 3 aromatic rings. The van der Waals surface area contributed by atoms with Crippen LogP contribution in [-0.4, -0.2) is 36.6 Å². The minimum Gasteiger partial charge on any atom is -0.493 e. The number of anilines is 1. The molecule has 0 fully saturated rings. The van der Waals surface area contributed by atoms with E-state index in [1.807, 2.05) is 0 Å². The number of carboxylic acids is 1. The Morgan fingerprint density at radius 2 is 1.94 bits per heavy atom. The summed E-state index contributed by atoms with van der Waals surface area (Å²) in [5.41, 5.74) is 7.06. The number of halogens is 1. The van der Waals surface area contributed by atoms with Gasteiger partial charge in [-0.05, 0) is 35.4 Å². The molecule has 0 saturated heterocycles. The Kier molecular flexibility index (Phi) is 6.01. The monoisotopic (exact) mass is 470 g/mol. The molecule has 2 amide bonds. The van der Waals surface area contributed by atoms with E-state index in [1.54, 1.807) is 18.2 Å². The number of fused-ring (bicyclic) bond motifs is 1. The first kappa shape index (κ1) is 22.3. The molecule has 33 heavy (non-hydrogen) atoms. The number of ether oxygens (including phenoxy) is 2. The van der Waals surface area contributed by atoms with Crippen LogP contribution in [0.15, 0.2) is 42.5 Å². The van der Waals surface area contributed by atoms with Crippen LogP contribution < -0.4 is 20.5 Å². The number of benzene rings is 2. The third kappa shape index (κ3) is 4.37. The van der Waals surface area contributed by atoms with Crippen LogP contribution in [0.3, 0.4) is 0 Å². The van der Waals surface area contributed by atoms with E-state index in [2.05, 4.69) is 5.32 Å². The summed E-state index contributed by atoms with van der Waals surface area (Å²) in [6, 6.07) is 10.5. The summed E-state index contributed by atoms with van der Waals surface area (Å²) in [6.45, 7) is -0.320. The molecule has 2 heterocycles. The van der Waals surface area contributed by atoms with Gasteiger partial charge in [0.25, 0.3) is 5.91 Å². The van der Waals surface area contributed by atoms with E-state index in [0.29, 0.717) is 38.8 Å². The van der Waals surface area contributed by atoms with Crippen molar-refractivity contribution in [2.24, 2.45) is 5.73 Å². The average Bonchev–Trinajstić information content (AvgIpc) is 3.17. The highest BCUT2D eigenvalue weighted by molar-refractivity contribution is 7.15. The normalized spacial score (nSPS) is 14.8. The van der Waals surface area contributed by atoms with Crippen molar-refractivity contribution >= 4 is 34.8 Å². The zero-order valence-electron chi connectivity index (χ0n) is 17.4. The quantitative estimate of drug-likeness (QED) is 0.484. The van der Waals surface area contributed by atoms with E-state index in [9.17, 15) is 23.9 Å². The van der Waals surface area contributed by atoms with E-state index in [4.69, 9.17) is 15.2 Å². The molecular formula is C23H19FN2O6S. The number of primary amides is 1. The predicted octanol–water partition coefficient (Wildman–Crippen LogP) is 3.60. The molecule has 4 rings (SSSR count). The molecule has 1 aliphatic heterocycles. The molecule has 170 valence electrons. The van der Waals surface area contributed by atoms with E-state index < -0.39 is 23.6 Å². The molecule has 1 aliphatic rings. The van der Waals surface area contributed by atoms with Gasteiger partial charge in [0, 0.05) is 22.8 Å². The summed E-state index contributed by atoms with van der Waals surface area (Å²) in [5.74, 6) is -2.30. The molecule has 2 aromatic carbocycles. The molecule has 4 N–H and O–H groups in total. The number of carbonyl (C=O) groups excluding carboxylic acids is 2. The summed E-state index contributed by atoms with van der Waals surface area (Å²) in [5, 5.41) is 12.6. The van der Waals surface area contributed by atoms with Crippen molar-refractivity contribution in [3.63, 3.8) is 0 Å². The van der Waals surface area contributed by atoms with Crippen molar-refractivity contribution in [1.82, 2.24) is 0 Å². The number of amides is 2. The summed E-state index contributed by atoms with van der Waals surface area (Å²) < 4.78 is 24.2. The van der Waals surface area contributed by atoms with Gasteiger partial charge >= 0.3 is 5.97 Å². The van der Waals surface area contributed by atoms with Crippen molar-refractivity contribution in [1.29, 1.82) is 0 Å². The lowest BCUT2D eigenvalue weighted by Gasteiger charge is -2.24. The van der Waals surface area contributed by atoms with Gasteiger partial charge in [-0.1, -0.05) is 18.2 Å². The molecule has 1 atom stereocenters. The van der Waals surface area contributed by atoms with Gasteiger partial charge in [0.15, 0.2) is 18.1 Å². The number of hydrogen-bond acceptors (Lipinski definition) is 6. The Balaban J connectivity index is 1.82. The van der Waals surface area contributed by atoms with E-state index >= 15 is 0 Å². The second-order valence-electron chi connectivity index (χ2n) is 7.33. The molecule has 0 aliphatic carbocycles. The Hall–Kier alpha value is -3.92. The zero-order valence-corrected chi connectivity index (χ0v) is 18.2. The number of hydrogen-bond donors (Lipinski definition) is 3. The Morgan fingerprint density at radius 1 is 1.21 bits per heavy atom. The van der Waals surface area contributed by atoms with Gasteiger partial charge in [-0.25, -0.2) is 9.18 Å². The van der Waals surface area contributed by atoms with Gasteiger partial charge in [-0.3, -0.25) is 9.59 Å². The lowest BCUT2D eigenvalue weighted by molar-refractivity contribution is -0.120. The van der Waals surface area contributed by atoms with Crippen LogP contribution in [0.25, 0.3) is 11.1 Å². The van der Waals surface area contributed by atoms with Crippen LogP contribution in [0, 0.1) is 5.82 Å². The highest BCUT2D eigenvalue weighted by atomic mass is 32.1. The van der Waals surface area contributed by atoms with Crippen molar-refractivity contribution in [2.75, 3.05) is 19.0 Å². The molecule has 1 aromatic heterocycles. The lowest BCUT2D eigenvalue weighted by atomic mass is 9.88. The minimum atomic E-state index is -1.14. The SMILES string of the molecule is COc1cc([C@H]2CC(=O)Nc3c2sc(C(=O)O)c3-c2ccc(F)cc2)ccc1OCC(N)=O. The number of methoxy groups -OCH3 is 1. The number of rotatable bonds is 7. The minimum absolute atomic E-state index is 0.0483. The fourth-order valence-electron chi connectivity index (χ4n) is 3.77. The van der Waals surface area contributed by atoms with E-state index in [0.717, 1.165) is 11.3 Å². The summed E-state index contributed by atoms with van der Waals surface area (Å²) in [6.07, 6.45) is 0.0973. The molecular weight excluding hydrogens is 451 g/mol. The summed E-state index contributed by atoms with van der Waals surface area (Å²) in [7, 11) is 1.44. The predicted molar refractivity (Wildman–Crippen MR) is 119 cm³/mol. The molecule has 0 spiro atoms. The standard InChI is InChI=1S/C23H19FN2O6S/c1-31-16-8-12(4-7-15(16)32-10-17(25)27)14-9-18(28)26-20-19(11-2-5-13(24)6-3-11)22(23(29)30)33-21(14)20/h2-8,14H,9-10H2,1H3,(H2,25,27)(H,26,28)(H,29,30)/t14-/m1/s1. The van der Waals surface area contributed by atoms with Gasteiger partial charge in [-0.2, -0.15) is 0 Å². The second-order valence-corrected chi connectivity index (χ2v) is 8.38. The van der Waals surface area contributed by atoms with Gasteiger partial charge in [0.2, 0.25) is 5.91 Å². The van der Waals surface area contributed by atoms with Gasteiger partial charge in [0.1, 0.15) is 10.7 Å². The Labute approximate surface area is 191 Å². The molecule has 10 heteroatoms. The van der Waals surface area contributed by atoms with Crippen molar-refractivity contribution in [2.45, 2.75) is 12.3 Å². The molecule has 8 nitrogen and oxygen atoms in total. The maximum absolute atomic E-state index is 13.4. The van der Waals surface area contributed by atoms with Crippen LogP contribution >= 0.6 is 11.3 Å². The number of carboxylic acid groups (broad SMARTS) is 1. The summed E-state index contributed by atoms with van der Waals surface area (Å²) in [4.78, 5) is 36.4. The highest BCUT2D eigenvalue weighted by Gasteiger charge is 2.34. The number of thiophene rings is 1. The number of nitrogens with two attached hydrogens (primary N) is 1. The molecule has 0 bridgehead atoms. The van der Waals surface area contributed by atoms with E-state index in [1.165, 1.54) is 31.4 Å². The smallest absolute Gasteiger partial charge is 0.346 e. The number of aromatic carboxylic acids is 1. The van der Waals surface area contributed by atoms with Crippen LogP contribution in [0.2, 0.25) is 0 Å². The molecule has 0 saturated carbocycles. The maximum Gasteiger partial charge on any atom is 0.346 e. The zero-order chi connectivity index (χ0) is 23.7. The van der Waals surface area contributed by atoms with Crippen molar-refractivity contribution < 1.29 is 33.4 Å². The largest absolute Gasteiger partial charge is 0.493 e. The molecule has 0 radical (unpaired) electrons. The fourth-order valence-corrected chi connectivity index (χ4v) is 5.01. The van der Waals surface area contributed by atoms with Crippen LogP contribution in [-0.2, 0) is 9.59 Å². The van der Waals surface area contributed by atoms with Crippen LogP contribution in [0.1, 0.15) is 32.5 Å². The third-order valence-corrected chi connectivity index (χ3v) is 6.48. The van der Waals surface area contributed by atoms with Crippen molar-refractivity contribution in [3.05, 3.63) is 63.6 Å². The number of nitrogens with one attached hydrogen (secondary N) is 1. The maximum atomic E-state index is 13.4.